The van der Waals surface area contributed by atoms with Gasteiger partial charge in [-0.15, -0.1) is 0 Å². The van der Waals surface area contributed by atoms with Gasteiger partial charge in [-0.3, -0.25) is 4.98 Å². The lowest BCUT2D eigenvalue weighted by Gasteiger charge is -2.28. The van der Waals surface area contributed by atoms with Crippen LogP contribution in [0, 0.1) is 5.82 Å². The van der Waals surface area contributed by atoms with E-state index in [1.54, 1.807) is 6.92 Å². The molecule has 0 amide bonds. The van der Waals surface area contributed by atoms with Crippen molar-refractivity contribution in [1.82, 2.24) is 9.71 Å². The van der Waals surface area contributed by atoms with Crippen molar-refractivity contribution in [3.05, 3.63) is 36.4 Å². The van der Waals surface area contributed by atoms with Crippen LogP contribution in [0.2, 0.25) is 0 Å². The minimum Gasteiger partial charge on any atom is -0.376 e. The molecular weight excluding hydrogens is 323 g/mol. The second-order valence-electron chi connectivity index (χ2n) is 5.36. The van der Waals surface area contributed by atoms with Crippen molar-refractivity contribution in [1.29, 1.82) is 0 Å². The Bertz CT molecular complexity index is 806. The quantitative estimate of drug-likeness (QED) is 0.912. The molecule has 0 aliphatic carbocycles. The van der Waals surface area contributed by atoms with Crippen LogP contribution >= 0.6 is 0 Å². The highest BCUT2D eigenvalue weighted by atomic mass is 32.2. The van der Waals surface area contributed by atoms with Crippen LogP contribution in [0.1, 0.15) is 6.92 Å². The van der Waals surface area contributed by atoms with Crippen LogP contribution in [0.3, 0.4) is 0 Å². The molecule has 1 aromatic carbocycles. The van der Waals surface area contributed by atoms with Gasteiger partial charge in [-0.1, -0.05) is 0 Å². The molecule has 8 heteroatoms. The Balaban J connectivity index is 1.92. The lowest BCUT2D eigenvalue weighted by atomic mass is 10.2. The molecule has 0 saturated carbocycles. The van der Waals surface area contributed by atoms with Crippen LogP contribution in [0.25, 0.3) is 10.8 Å². The summed E-state index contributed by atoms with van der Waals surface area (Å²) in [4.78, 5) is 3.85. The number of aromatic nitrogens is 1. The second kappa shape index (κ2) is 6.48. The third-order valence-corrected chi connectivity index (χ3v) is 5.37. The average molecular weight is 340 g/mol. The fourth-order valence-electron chi connectivity index (χ4n) is 2.54. The van der Waals surface area contributed by atoms with E-state index < -0.39 is 21.9 Å². The number of halogens is 1. The summed E-state index contributed by atoms with van der Waals surface area (Å²) in [5.41, 5.74) is 0. The molecule has 124 valence electrons. The number of nitrogens with zero attached hydrogens (tertiary/aromatic N) is 1. The summed E-state index contributed by atoms with van der Waals surface area (Å²) in [6.07, 6.45) is 2.39. The number of benzene rings is 1. The van der Waals surface area contributed by atoms with Crippen LogP contribution in [0.15, 0.2) is 35.5 Å². The first kappa shape index (κ1) is 16.3. The maximum absolute atomic E-state index is 13.8. The zero-order chi connectivity index (χ0) is 16.4. The molecule has 0 spiro atoms. The summed E-state index contributed by atoms with van der Waals surface area (Å²) in [7, 11) is -3.83. The zero-order valence-corrected chi connectivity index (χ0v) is 13.3. The number of ether oxygens (including phenoxy) is 2. The van der Waals surface area contributed by atoms with Gasteiger partial charge in [0, 0.05) is 29.2 Å². The molecule has 2 heterocycles. The van der Waals surface area contributed by atoms with Crippen molar-refractivity contribution >= 4 is 20.8 Å². The van der Waals surface area contributed by atoms with Gasteiger partial charge in [0.1, 0.15) is 5.82 Å². The van der Waals surface area contributed by atoms with Crippen LogP contribution in [-0.4, -0.2) is 45.4 Å². The third-order valence-electron chi connectivity index (χ3n) is 3.75. The number of hydrogen-bond donors (Lipinski definition) is 1. The largest absolute Gasteiger partial charge is 0.376 e. The molecule has 1 aliphatic heterocycles. The Kier molecular flexibility index (Phi) is 4.58. The molecule has 23 heavy (non-hydrogen) atoms. The van der Waals surface area contributed by atoms with E-state index in [1.807, 2.05) is 0 Å². The summed E-state index contributed by atoms with van der Waals surface area (Å²) >= 11 is 0. The van der Waals surface area contributed by atoms with Gasteiger partial charge in [-0.2, -0.15) is 0 Å². The summed E-state index contributed by atoms with van der Waals surface area (Å²) in [5.74, 6) is -0.510. The van der Waals surface area contributed by atoms with Crippen molar-refractivity contribution in [3.8, 4) is 0 Å². The molecule has 1 aliphatic rings. The van der Waals surface area contributed by atoms with Gasteiger partial charge in [-0.05, 0) is 25.1 Å². The first-order valence-corrected chi connectivity index (χ1v) is 8.71. The number of fused-ring (bicyclic) bond motifs is 1. The van der Waals surface area contributed by atoms with E-state index in [1.165, 1.54) is 24.5 Å². The molecule has 2 unspecified atom stereocenters. The van der Waals surface area contributed by atoms with Crippen molar-refractivity contribution in [3.63, 3.8) is 0 Å². The SMILES string of the molecule is CC(NS(=O)(=O)c1ccc(F)c2cnccc12)C1COCCO1. The molecular formula is C15H17FN2O4S. The number of nitrogens with one attached hydrogen (secondary N) is 1. The highest BCUT2D eigenvalue weighted by Gasteiger charge is 2.27. The zero-order valence-electron chi connectivity index (χ0n) is 12.5. The summed E-state index contributed by atoms with van der Waals surface area (Å²) in [6.45, 7) is 2.98. The third kappa shape index (κ3) is 3.35. The molecule has 0 radical (unpaired) electrons. The van der Waals surface area contributed by atoms with Crippen molar-refractivity contribution in [2.24, 2.45) is 0 Å². The fourth-order valence-corrected chi connectivity index (χ4v) is 4.02. The summed E-state index contributed by atoms with van der Waals surface area (Å²) in [6, 6.07) is 3.40. The van der Waals surface area contributed by atoms with E-state index in [-0.39, 0.29) is 16.4 Å². The Hall–Kier alpha value is -1.61. The van der Waals surface area contributed by atoms with Crippen LogP contribution < -0.4 is 4.72 Å². The van der Waals surface area contributed by atoms with Gasteiger partial charge in [-0.25, -0.2) is 17.5 Å². The van der Waals surface area contributed by atoms with Crippen molar-refractivity contribution < 1.29 is 22.3 Å². The smallest absolute Gasteiger partial charge is 0.241 e. The van der Waals surface area contributed by atoms with Gasteiger partial charge in [0.05, 0.1) is 30.8 Å². The van der Waals surface area contributed by atoms with Gasteiger partial charge >= 0.3 is 0 Å². The van der Waals surface area contributed by atoms with Gasteiger partial charge in [0.2, 0.25) is 10.0 Å². The minimum atomic E-state index is -3.83. The first-order chi connectivity index (χ1) is 11.0. The minimum absolute atomic E-state index is 0.0138. The van der Waals surface area contributed by atoms with Gasteiger partial charge in [0.15, 0.2) is 0 Å². The van der Waals surface area contributed by atoms with E-state index in [2.05, 4.69) is 9.71 Å². The highest BCUT2D eigenvalue weighted by Crippen LogP contribution is 2.25. The lowest BCUT2D eigenvalue weighted by Crippen LogP contribution is -2.46. The number of rotatable bonds is 4. The molecule has 0 bridgehead atoms. The molecule has 1 saturated heterocycles. The van der Waals surface area contributed by atoms with E-state index >= 15 is 0 Å². The molecule has 1 aromatic heterocycles. The van der Waals surface area contributed by atoms with E-state index in [0.29, 0.717) is 25.2 Å². The predicted molar refractivity (Wildman–Crippen MR) is 82.0 cm³/mol. The maximum Gasteiger partial charge on any atom is 0.241 e. The highest BCUT2D eigenvalue weighted by molar-refractivity contribution is 7.89. The average Bonchev–Trinajstić information content (AvgIpc) is 2.55. The molecule has 6 nitrogen and oxygen atoms in total. The molecule has 2 aromatic rings. The molecule has 1 N–H and O–H groups in total. The topological polar surface area (TPSA) is 77.5 Å². The van der Waals surface area contributed by atoms with Crippen molar-refractivity contribution in [2.45, 2.75) is 24.0 Å². The second-order valence-corrected chi connectivity index (χ2v) is 7.04. The maximum atomic E-state index is 13.8. The molecule has 3 rings (SSSR count). The molecule has 1 fully saturated rings. The number of pyridine rings is 1. The van der Waals surface area contributed by atoms with Crippen LogP contribution in [-0.2, 0) is 19.5 Å². The van der Waals surface area contributed by atoms with Crippen LogP contribution in [0.4, 0.5) is 4.39 Å². The van der Waals surface area contributed by atoms with Gasteiger partial charge in [0.25, 0.3) is 0 Å². The van der Waals surface area contributed by atoms with Crippen molar-refractivity contribution in [2.75, 3.05) is 19.8 Å². The fraction of sp³-hybridized carbons (Fsp3) is 0.400. The predicted octanol–water partition coefficient (Wildman–Crippen LogP) is 1.46. The monoisotopic (exact) mass is 340 g/mol. The first-order valence-electron chi connectivity index (χ1n) is 7.23. The standard InChI is InChI=1S/C15H17FN2O4S/c1-10(14-9-21-6-7-22-14)18-23(19,20)15-3-2-13(16)12-8-17-5-4-11(12)15/h2-5,8,10,14,18H,6-7,9H2,1H3. The van der Waals surface area contributed by atoms with E-state index in [0.717, 1.165) is 6.07 Å². The van der Waals surface area contributed by atoms with Crippen LogP contribution in [0.5, 0.6) is 0 Å². The van der Waals surface area contributed by atoms with E-state index in [9.17, 15) is 12.8 Å². The summed E-state index contributed by atoms with van der Waals surface area (Å²) < 4.78 is 52.5. The molecule has 2 atom stereocenters. The lowest BCUT2D eigenvalue weighted by molar-refractivity contribution is -0.0966. The van der Waals surface area contributed by atoms with E-state index in [4.69, 9.17) is 9.47 Å². The Morgan fingerprint density at radius 3 is 2.87 bits per heavy atom. The number of hydrogen-bond acceptors (Lipinski definition) is 5. The van der Waals surface area contributed by atoms with Gasteiger partial charge < -0.3 is 9.47 Å². The Morgan fingerprint density at radius 1 is 1.30 bits per heavy atom. The Morgan fingerprint density at radius 2 is 2.13 bits per heavy atom. The summed E-state index contributed by atoms with van der Waals surface area (Å²) in [5, 5.41) is 0.459. The number of sulfonamides is 1. The normalized spacial score (nSPS) is 20.5. The Labute approximate surface area is 133 Å².